The number of aryl methyl sites for hydroxylation is 1. The predicted octanol–water partition coefficient (Wildman–Crippen LogP) is 2.79. The van der Waals surface area contributed by atoms with Gasteiger partial charge in [0.15, 0.2) is 0 Å². The van der Waals surface area contributed by atoms with E-state index < -0.39 is 0 Å². The van der Waals surface area contributed by atoms with Crippen molar-refractivity contribution >= 4 is 17.4 Å². The molecule has 4 nitrogen and oxygen atoms in total. The first-order chi connectivity index (χ1) is 8.51. The van der Waals surface area contributed by atoms with E-state index in [-0.39, 0.29) is 0 Å². The van der Waals surface area contributed by atoms with Crippen LogP contribution in [0.15, 0.2) is 5.03 Å². The van der Waals surface area contributed by atoms with E-state index in [2.05, 4.69) is 37.7 Å². The van der Waals surface area contributed by atoms with Crippen LogP contribution in [-0.4, -0.2) is 40.1 Å². The van der Waals surface area contributed by atoms with E-state index in [1.54, 1.807) is 0 Å². The largest absolute Gasteiger partial charge is 0.395 e. The molecule has 0 atom stereocenters. The number of thioether (sulfide) groups is 1. The summed E-state index contributed by atoms with van der Waals surface area (Å²) in [7, 11) is 0. The molecule has 1 aromatic rings. The van der Waals surface area contributed by atoms with Crippen molar-refractivity contribution in [2.24, 2.45) is 0 Å². The van der Waals surface area contributed by atoms with E-state index in [9.17, 15) is 0 Å². The lowest BCUT2D eigenvalue weighted by atomic mass is 10.4. The maximum Gasteiger partial charge on any atom is 0.118 e. The van der Waals surface area contributed by atoms with Crippen molar-refractivity contribution in [3.8, 4) is 0 Å². The minimum atomic E-state index is 0.358. The lowest BCUT2D eigenvalue weighted by Crippen LogP contribution is -2.25. The van der Waals surface area contributed by atoms with Crippen LogP contribution in [0.3, 0.4) is 0 Å². The van der Waals surface area contributed by atoms with Crippen LogP contribution in [0.5, 0.6) is 0 Å². The fourth-order valence-electron chi connectivity index (χ4n) is 1.84. The van der Waals surface area contributed by atoms with Gasteiger partial charge in [0.2, 0.25) is 0 Å². The molecule has 0 aliphatic carbocycles. The van der Waals surface area contributed by atoms with Crippen molar-refractivity contribution in [2.75, 3.05) is 31.1 Å². The van der Waals surface area contributed by atoms with E-state index in [1.807, 2.05) is 23.4 Å². The summed E-state index contributed by atoms with van der Waals surface area (Å²) in [6.45, 7) is 14.0. The molecule has 0 saturated carbocycles. The molecule has 2 N–H and O–H groups in total. The van der Waals surface area contributed by atoms with Gasteiger partial charge in [0.05, 0.1) is 11.4 Å². The number of nitrogens with two attached hydrogens (primary N) is 1. The van der Waals surface area contributed by atoms with E-state index >= 15 is 0 Å². The van der Waals surface area contributed by atoms with Crippen LogP contribution in [0.4, 0.5) is 5.69 Å². The summed E-state index contributed by atoms with van der Waals surface area (Å²) in [5.41, 5.74) is 7.89. The maximum absolute atomic E-state index is 6.11. The number of hydrogen-bond acceptors (Lipinski definition) is 4. The van der Waals surface area contributed by atoms with Gasteiger partial charge in [-0.3, -0.25) is 4.68 Å². The highest BCUT2D eigenvalue weighted by molar-refractivity contribution is 7.99. The van der Waals surface area contributed by atoms with E-state index in [1.165, 1.54) is 0 Å². The minimum Gasteiger partial charge on any atom is -0.395 e. The maximum atomic E-state index is 6.11. The molecule has 0 aromatic carbocycles. The number of nitrogen functional groups attached to an aromatic ring is 1. The zero-order chi connectivity index (χ0) is 13.7. The van der Waals surface area contributed by atoms with Crippen molar-refractivity contribution in [1.82, 2.24) is 14.7 Å². The first kappa shape index (κ1) is 15.4. The van der Waals surface area contributed by atoms with Crippen LogP contribution in [0.2, 0.25) is 0 Å². The molecule has 1 aromatic heterocycles. The quantitative estimate of drug-likeness (QED) is 0.774. The average Bonchev–Trinajstić information content (AvgIpc) is 2.62. The van der Waals surface area contributed by atoms with Crippen LogP contribution in [0, 0.1) is 6.92 Å². The Labute approximate surface area is 115 Å². The Hall–Kier alpha value is -0.680. The zero-order valence-corrected chi connectivity index (χ0v) is 13.0. The van der Waals surface area contributed by atoms with Crippen LogP contribution in [0.1, 0.15) is 39.4 Å². The topological polar surface area (TPSA) is 47.1 Å². The molecular weight excluding hydrogens is 244 g/mol. The molecule has 0 aliphatic heterocycles. The third kappa shape index (κ3) is 3.65. The van der Waals surface area contributed by atoms with Gasteiger partial charge in [-0.2, -0.15) is 5.10 Å². The molecule has 5 heteroatoms. The Balaban J connectivity index is 2.66. The Morgan fingerprint density at radius 2 is 1.94 bits per heavy atom. The van der Waals surface area contributed by atoms with Gasteiger partial charge in [-0.1, -0.05) is 13.8 Å². The molecule has 0 spiro atoms. The standard InChI is InChI=1S/C13H26N4S/c1-6-16(7-2)8-9-18-13-12(14)11(5)15-17(13)10(3)4/h10H,6-9,14H2,1-5H3. The first-order valence-corrected chi connectivity index (χ1v) is 7.69. The summed E-state index contributed by atoms with van der Waals surface area (Å²) < 4.78 is 2.04. The highest BCUT2D eigenvalue weighted by atomic mass is 32.2. The molecule has 0 aliphatic rings. The second-order valence-electron chi connectivity index (χ2n) is 4.72. The average molecular weight is 270 g/mol. The van der Waals surface area contributed by atoms with Crippen molar-refractivity contribution in [2.45, 2.75) is 45.7 Å². The predicted molar refractivity (Wildman–Crippen MR) is 80.3 cm³/mol. The summed E-state index contributed by atoms with van der Waals surface area (Å²) in [5, 5.41) is 5.63. The Morgan fingerprint density at radius 3 is 2.44 bits per heavy atom. The van der Waals surface area contributed by atoms with Gasteiger partial charge < -0.3 is 10.6 Å². The number of hydrogen-bond donors (Lipinski definition) is 1. The second kappa shape index (κ2) is 7.04. The fourth-order valence-corrected chi connectivity index (χ4v) is 3.07. The molecule has 0 radical (unpaired) electrons. The summed E-state index contributed by atoms with van der Waals surface area (Å²) in [6.07, 6.45) is 0. The zero-order valence-electron chi connectivity index (χ0n) is 12.2. The fraction of sp³-hybridized carbons (Fsp3) is 0.769. The van der Waals surface area contributed by atoms with Crippen molar-refractivity contribution in [1.29, 1.82) is 0 Å². The van der Waals surface area contributed by atoms with Crippen LogP contribution in [0.25, 0.3) is 0 Å². The van der Waals surface area contributed by atoms with Gasteiger partial charge in [-0.15, -0.1) is 11.8 Å². The highest BCUT2D eigenvalue weighted by Crippen LogP contribution is 2.29. The number of aromatic nitrogens is 2. The molecule has 0 unspecified atom stereocenters. The minimum absolute atomic E-state index is 0.358. The number of nitrogens with zero attached hydrogens (tertiary/aromatic N) is 3. The molecule has 0 amide bonds. The van der Waals surface area contributed by atoms with Gasteiger partial charge >= 0.3 is 0 Å². The Bertz CT molecular complexity index is 369. The third-order valence-corrected chi connectivity index (χ3v) is 4.18. The van der Waals surface area contributed by atoms with Crippen molar-refractivity contribution in [3.05, 3.63) is 5.69 Å². The van der Waals surface area contributed by atoms with Crippen molar-refractivity contribution in [3.63, 3.8) is 0 Å². The third-order valence-electron chi connectivity index (χ3n) is 3.12. The summed E-state index contributed by atoms with van der Waals surface area (Å²) in [6, 6.07) is 0.358. The molecule has 18 heavy (non-hydrogen) atoms. The second-order valence-corrected chi connectivity index (χ2v) is 5.80. The Morgan fingerprint density at radius 1 is 1.33 bits per heavy atom. The SMILES string of the molecule is CCN(CC)CCSc1c(N)c(C)nn1C(C)C. The molecule has 0 bridgehead atoms. The van der Waals surface area contributed by atoms with Gasteiger partial charge in [-0.25, -0.2) is 0 Å². The molecule has 1 rings (SSSR count). The van der Waals surface area contributed by atoms with Crippen LogP contribution >= 0.6 is 11.8 Å². The summed E-state index contributed by atoms with van der Waals surface area (Å²) >= 11 is 1.82. The molecule has 0 fully saturated rings. The normalized spacial score (nSPS) is 11.7. The monoisotopic (exact) mass is 270 g/mol. The number of rotatable bonds is 7. The van der Waals surface area contributed by atoms with Crippen LogP contribution in [-0.2, 0) is 0 Å². The lowest BCUT2D eigenvalue weighted by Gasteiger charge is -2.18. The molecule has 0 saturated heterocycles. The Kier molecular flexibility index (Phi) is 6.02. The smallest absolute Gasteiger partial charge is 0.118 e. The van der Waals surface area contributed by atoms with Gasteiger partial charge in [0, 0.05) is 18.3 Å². The van der Waals surface area contributed by atoms with Crippen LogP contribution < -0.4 is 5.73 Å². The summed E-state index contributed by atoms with van der Waals surface area (Å²) in [5.74, 6) is 1.06. The molecular formula is C13H26N4S. The highest BCUT2D eigenvalue weighted by Gasteiger charge is 2.15. The lowest BCUT2D eigenvalue weighted by molar-refractivity contribution is 0.323. The van der Waals surface area contributed by atoms with E-state index in [4.69, 9.17) is 5.73 Å². The molecule has 1 heterocycles. The first-order valence-electron chi connectivity index (χ1n) is 6.70. The van der Waals surface area contributed by atoms with Gasteiger partial charge in [0.1, 0.15) is 5.03 Å². The van der Waals surface area contributed by atoms with Gasteiger partial charge in [-0.05, 0) is 33.9 Å². The molecule has 104 valence electrons. The number of anilines is 1. The summed E-state index contributed by atoms with van der Waals surface area (Å²) in [4.78, 5) is 2.42. The van der Waals surface area contributed by atoms with E-state index in [0.29, 0.717) is 6.04 Å². The van der Waals surface area contributed by atoms with Gasteiger partial charge in [0.25, 0.3) is 0 Å². The van der Waals surface area contributed by atoms with Crippen molar-refractivity contribution < 1.29 is 0 Å². The van der Waals surface area contributed by atoms with E-state index in [0.717, 1.165) is 41.8 Å².